The van der Waals surface area contributed by atoms with Gasteiger partial charge in [0.15, 0.2) is 5.69 Å². The monoisotopic (exact) mass is 410 g/mol. The number of benzene rings is 2. The van der Waals surface area contributed by atoms with Crippen molar-refractivity contribution in [3.05, 3.63) is 81.2 Å². The Hall–Kier alpha value is -3.45. The van der Waals surface area contributed by atoms with Crippen LogP contribution in [-0.2, 0) is 11.3 Å². The summed E-state index contributed by atoms with van der Waals surface area (Å²) in [6, 6.07) is 13.7. The van der Waals surface area contributed by atoms with Crippen molar-refractivity contribution < 1.29 is 9.59 Å². The Balaban J connectivity index is 1.76. The maximum Gasteiger partial charge on any atom is 0.290 e. The van der Waals surface area contributed by atoms with Gasteiger partial charge in [0.1, 0.15) is 0 Å². The Morgan fingerprint density at radius 1 is 1.07 bits per heavy atom. The van der Waals surface area contributed by atoms with Crippen LogP contribution in [0.25, 0.3) is 16.8 Å². The third-order valence-electron chi connectivity index (χ3n) is 4.11. The number of hydrogen-bond acceptors (Lipinski definition) is 4. The summed E-state index contributed by atoms with van der Waals surface area (Å²) in [5.41, 5.74) is 5.25. The number of nitrogens with one attached hydrogen (secondary N) is 2. The third-order valence-corrected chi connectivity index (χ3v) is 4.37. The number of aryl methyl sites for hydroxylation is 1. The minimum absolute atomic E-state index is 0.0654. The smallest absolute Gasteiger partial charge is 0.268 e. The summed E-state index contributed by atoms with van der Waals surface area (Å²) in [4.78, 5) is 37.1. The van der Waals surface area contributed by atoms with E-state index >= 15 is 0 Å². The molecule has 2 amide bonds. The molecule has 7 nitrogen and oxygen atoms in total. The van der Waals surface area contributed by atoms with E-state index in [1.54, 1.807) is 54.6 Å². The van der Waals surface area contributed by atoms with Gasteiger partial charge in [-0.2, -0.15) is 5.10 Å². The number of aromatic nitrogens is 2. The van der Waals surface area contributed by atoms with Crippen LogP contribution < -0.4 is 16.4 Å². The molecule has 0 unspecified atom stereocenters. The van der Waals surface area contributed by atoms with Gasteiger partial charge in [0.2, 0.25) is 0 Å². The van der Waals surface area contributed by atoms with Crippen LogP contribution in [0.1, 0.15) is 29.4 Å². The molecule has 0 saturated heterocycles. The van der Waals surface area contributed by atoms with E-state index < -0.39 is 11.8 Å². The van der Waals surface area contributed by atoms with E-state index in [-0.39, 0.29) is 11.3 Å². The molecule has 0 aliphatic carbocycles. The van der Waals surface area contributed by atoms with Gasteiger partial charge in [-0.05, 0) is 36.3 Å². The van der Waals surface area contributed by atoms with Crippen molar-refractivity contribution in [2.45, 2.75) is 19.9 Å². The molecular formula is C21H19ClN4O3. The molecule has 0 saturated carbocycles. The largest absolute Gasteiger partial charge is 0.290 e. The zero-order valence-electron chi connectivity index (χ0n) is 15.7. The fourth-order valence-corrected chi connectivity index (χ4v) is 2.86. The van der Waals surface area contributed by atoms with Crippen molar-refractivity contribution in [1.82, 2.24) is 20.6 Å². The zero-order valence-corrected chi connectivity index (χ0v) is 16.4. The quantitative estimate of drug-likeness (QED) is 0.499. The van der Waals surface area contributed by atoms with Gasteiger partial charge >= 0.3 is 0 Å². The molecule has 29 heavy (non-hydrogen) atoms. The lowest BCUT2D eigenvalue weighted by Gasteiger charge is -2.10. The Bertz CT molecular complexity index is 1140. The fourth-order valence-electron chi connectivity index (χ4n) is 2.73. The van der Waals surface area contributed by atoms with Crippen LogP contribution >= 0.6 is 11.6 Å². The molecule has 8 heteroatoms. The summed E-state index contributed by atoms with van der Waals surface area (Å²) < 4.78 is 1.26. The molecule has 1 aromatic heterocycles. The molecule has 0 spiro atoms. The predicted molar refractivity (Wildman–Crippen MR) is 112 cm³/mol. The van der Waals surface area contributed by atoms with Gasteiger partial charge in [0.25, 0.3) is 17.4 Å². The molecule has 0 atom stereocenters. The first-order valence-electron chi connectivity index (χ1n) is 9.03. The van der Waals surface area contributed by atoms with Crippen molar-refractivity contribution in [2.75, 3.05) is 0 Å². The minimum atomic E-state index is -0.612. The third kappa shape index (κ3) is 4.89. The summed E-state index contributed by atoms with van der Waals surface area (Å²) in [6.45, 7) is 2.30. The van der Waals surface area contributed by atoms with Gasteiger partial charge in [0.05, 0.1) is 5.39 Å². The highest BCUT2D eigenvalue weighted by molar-refractivity contribution is 6.30. The number of hydrazine groups is 1. The zero-order chi connectivity index (χ0) is 20.8. The average Bonchev–Trinajstić information content (AvgIpc) is 2.73. The van der Waals surface area contributed by atoms with Crippen LogP contribution in [0.2, 0.25) is 5.02 Å². The lowest BCUT2D eigenvalue weighted by atomic mass is 10.1. The van der Waals surface area contributed by atoms with E-state index in [2.05, 4.69) is 16.0 Å². The van der Waals surface area contributed by atoms with E-state index in [4.69, 9.17) is 11.6 Å². The number of carbonyl (C=O) groups excluding carboxylic acids is 2. The topological polar surface area (TPSA) is 93.1 Å². The van der Waals surface area contributed by atoms with Gasteiger partial charge in [0, 0.05) is 23.0 Å². The van der Waals surface area contributed by atoms with E-state index in [1.807, 2.05) is 6.92 Å². The summed E-state index contributed by atoms with van der Waals surface area (Å²) in [5, 5.41) is 5.60. The summed E-state index contributed by atoms with van der Waals surface area (Å²) in [6.07, 6.45) is 3.57. The van der Waals surface area contributed by atoms with Crippen molar-refractivity contribution in [3.63, 3.8) is 0 Å². The molecule has 2 aromatic carbocycles. The number of rotatable bonds is 5. The van der Waals surface area contributed by atoms with Gasteiger partial charge in [-0.15, -0.1) is 0 Å². The molecular weight excluding hydrogens is 392 g/mol. The Kier molecular flexibility index (Phi) is 6.41. The number of carbonyl (C=O) groups is 2. The maximum absolute atomic E-state index is 12.6. The van der Waals surface area contributed by atoms with E-state index in [9.17, 15) is 14.4 Å². The second kappa shape index (κ2) is 9.16. The molecule has 148 valence electrons. The fraction of sp³-hybridized carbons (Fsp3) is 0.143. The van der Waals surface area contributed by atoms with Crippen LogP contribution in [0.5, 0.6) is 0 Å². The molecule has 3 aromatic rings. The van der Waals surface area contributed by atoms with Crippen molar-refractivity contribution in [3.8, 4) is 0 Å². The van der Waals surface area contributed by atoms with Crippen LogP contribution in [0.15, 0.2) is 59.4 Å². The van der Waals surface area contributed by atoms with Gasteiger partial charge in [-0.1, -0.05) is 48.9 Å². The highest BCUT2D eigenvalue weighted by atomic mass is 35.5. The number of fused-ring (bicyclic) bond motifs is 1. The summed E-state index contributed by atoms with van der Waals surface area (Å²) in [5.74, 6) is -1.13. The first kappa shape index (κ1) is 20.3. The molecule has 0 aliphatic rings. The Morgan fingerprint density at radius 3 is 2.45 bits per heavy atom. The van der Waals surface area contributed by atoms with Crippen LogP contribution in [0.3, 0.4) is 0 Å². The van der Waals surface area contributed by atoms with Gasteiger partial charge < -0.3 is 0 Å². The predicted octanol–water partition coefficient (Wildman–Crippen LogP) is 2.93. The van der Waals surface area contributed by atoms with E-state index in [0.717, 1.165) is 5.56 Å². The highest BCUT2D eigenvalue weighted by Crippen LogP contribution is 2.13. The SMILES string of the molecule is CCCn1nc(C(=O)NNC(=O)/C=C/c2ccc(Cl)cc2)c2ccccc2c1=O. The lowest BCUT2D eigenvalue weighted by molar-refractivity contribution is -0.117. The first-order valence-corrected chi connectivity index (χ1v) is 9.41. The summed E-state index contributed by atoms with van der Waals surface area (Å²) >= 11 is 5.82. The van der Waals surface area contributed by atoms with Crippen molar-refractivity contribution >= 4 is 40.3 Å². The molecule has 0 radical (unpaired) electrons. The van der Waals surface area contributed by atoms with Crippen LogP contribution in [0, 0.1) is 0 Å². The average molecular weight is 411 g/mol. The van der Waals surface area contributed by atoms with Gasteiger partial charge in [-0.3, -0.25) is 25.2 Å². The maximum atomic E-state index is 12.6. The molecule has 0 aliphatic heterocycles. The van der Waals surface area contributed by atoms with E-state index in [0.29, 0.717) is 28.8 Å². The summed E-state index contributed by atoms with van der Waals surface area (Å²) in [7, 11) is 0. The van der Waals surface area contributed by atoms with Crippen molar-refractivity contribution in [2.24, 2.45) is 0 Å². The Labute approximate surface area is 172 Å². The van der Waals surface area contributed by atoms with Crippen LogP contribution in [0.4, 0.5) is 0 Å². The second-order valence-electron chi connectivity index (χ2n) is 6.25. The highest BCUT2D eigenvalue weighted by Gasteiger charge is 2.16. The minimum Gasteiger partial charge on any atom is -0.268 e. The molecule has 0 fully saturated rings. The van der Waals surface area contributed by atoms with E-state index in [1.165, 1.54) is 10.8 Å². The van der Waals surface area contributed by atoms with Gasteiger partial charge in [-0.25, -0.2) is 4.68 Å². The second-order valence-corrected chi connectivity index (χ2v) is 6.69. The van der Waals surface area contributed by atoms with Crippen molar-refractivity contribution in [1.29, 1.82) is 0 Å². The number of amides is 2. The molecule has 0 bridgehead atoms. The number of hydrogen-bond donors (Lipinski definition) is 2. The normalized spacial score (nSPS) is 11.0. The first-order chi connectivity index (χ1) is 14.0. The standard InChI is InChI=1S/C21H19ClN4O3/c1-2-13-26-21(29)17-6-4-3-5-16(17)19(25-26)20(28)24-23-18(27)12-9-14-7-10-15(22)11-8-14/h3-12H,2,13H2,1H3,(H,23,27)(H,24,28)/b12-9+. The number of halogens is 1. The molecule has 2 N–H and O–H groups in total. The number of nitrogens with zero attached hydrogens (tertiary/aromatic N) is 2. The molecule has 3 rings (SSSR count). The Morgan fingerprint density at radius 2 is 1.76 bits per heavy atom. The lowest BCUT2D eigenvalue weighted by Crippen LogP contribution is -2.42. The van der Waals surface area contributed by atoms with Crippen LogP contribution in [-0.4, -0.2) is 21.6 Å². The molecule has 1 heterocycles.